The Kier molecular flexibility index (Phi) is 2.83. The molecular weight excluding hydrogens is 200 g/mol. The van der Waals surface area contributed by atoms with Crippen molar-refractivity contribution in [2.24, 2.45) is 12.8 Å². The van der Waals surface area contributed by atoms with Gasteiger partial charge < -0.3 is 11.1 Å². The number of nitrogens with zero attached hydrogens (tertiary/aromatic N) is 2. The lowest BCUT2D eigenvalue weighted by molar-refractivity contribution is 0.761. The topological polar surface area (TPSA) is 55.9 Å². The van der Waals surface area contributed by atoms with Gasteiger partial charge in [0.25, 0.3) is 0 Å². The molecule has 1 unspecified atom stereocenters. The lowest BCUT2D eigenvalue weighted by Crippen LogP contribution is -2.25. The molecule has 86 valence electrons. The summed E-state index contributed by atoms with van der Waals surface area (Å²) in [5.74, 6) is 0.915. The second kappa shape index (κ2) is 4.14. The van der Waals surface area contributed by atoms with E-state index in [2.05, 4.69) is 35.5 Å². The fourth-order valence-electron chi connectivity index (χ4n) is 1.77. The van der Waals surface area contributed by atoms with E-state index < -0.39 is 0 Å². The van der Waals surface area contributed by atoms with E-state index in [1.165, 1.54) is 5.56 Å². The molecule has 3 N–H and O–H groups in total. The van der Waals surface area contributed by atoms with Gasteiger partial charge in [0.1, 0.15) is 0 Å². The second-order valence-corrected chi connectivity index (χ2v) is 4.35. The highest BCUT2D eigenvalue weighted by Gasteiger charge is 2.08. The summed E-state index contributed by atoms with van der Waals surface area (Å²) >= 11 is 0. The van der Waals surface area contributed by atoms with Crippen molar-refractivity contribution in [1.29, 1.82) is 0 Å². The molecule has 0 amide bonds. The van der Waals surface area contributed by atoms with Gasteiger partial charge in [0.15, 0.2) is 5.82 Å². The molecule has 0 aliphatic rings. The zero-order chi connectivity index (χ0) is 11.7. The van der Waals surface area contributed by atoms with E-state index in [1.54, 1.807) is 0 Å². The molecule has 0 radical (unpaired) electrons. The summed E-state index contributed by atoms with van der Waals surface area (Å²) < 4.78 is 1.89. The van der Waals surface area contributed by atoms with Crippen LogP contribution in [0.4, 0.5) is 5.82 Å². The van der Waals surface area contributed by atoms with Crippen molar-refractivity contribution in [2.75, 3.05) is 11.9 Å². The highest BCUT2D eigenvalue weighted by Crippen LogP contribution is 2.23. The van der Waals surface area contributed by atoms with Crippen LogP contribution in [-0.2, 0) is 7.05 Å². The Morgan fingerprint density at radius 3 is 2.94 bits per heavy atom. The van der Waals surface area contributed by atoms with Crippen molar-refractivity contribution in [3.8, 4) is 0 Å². The number of benzene rings is 1. The number of rotatable bonds is 3. The molecule has 1 heterocycles. The average molecular weight is 218 g/mol. The van der Waals surface area contributed by atoms with Crippen LogP contribution in [0, 0.1) is 6.92 Å². The molecule has 0 saturated carbocycles. The number of hydrogen-bond donors (Lipinski definition) is 2. The Morgan fingerprint density at radius 1 is 1.50 bits per heavy atom. The van der Waals surface area contributed by atoms with Crippen LogP contribution in [0.3, 0.4) is 0 Å². The van der Waals surface area contributed by atoms with Gasteiger partial charge in [0, 0.05) is 25.0 Å². The molecule has 4 heteroatoms. The van der Waals surface area contributed by atoms with Crippen molar-refractivity contribution < 1.29 is 0 Å². The lowest BCUT2D eigenvalue weighted by atomic mass is 10.2. The Morgan fingerprint density at radius 2 is 2.25 bits per heavy atom. The second-order valence-electron chi connectivity index (χ2n) is 4.35. The first-order chi connectivity index (χ1) is 7.58. The molecule has 0 bridgehead atoms. The van der Waals surface area contributed by atoms with E-state index in [0.717, 1.165) is 23.3 Å². The van der Waals surface area contributed by atoms with E-state index >= 15 is 0 Å². The molecule has 16 heavy (non-hydrogen) atoms. The first kappa shape index (κ1) is 11.0. The van der Waals surface area contributed by atoms with Gasteiger partial charge in [-0.3, -0.25) is 4.68 Å². The molecule has 2 rings (SSSR count). The van der Waals surface area contributed by atoms with Crippen molar-refractivity contribution in [3.05, 3.63) is 23.8 Å². The summed E-state index contributed by atoms with van der Waals surface area (Å²) in [6.07, 6.45) is 0. The molecule has 0 fully saturated rings. The molecule has 0 spiro atoms. The molecule has 2 aromatic rings. The summed E-state index contributed by atoms with van der Waals surface area (Å²) in [6.45, 7) is 4.80. The van der Waals surface area contributed by atoms with Gasteiger partial charge in [0.05, 0.1) is 5.52 Å². The van der Waals surface area contributed by atoms with Crippen LogP contribution in [0.2, 0.25) is 0 Å². The van der Waals surface area contributed by atoms with Crippen LogP contribution in [0.5, 0.6) is 0 Å². The van der Waals surface area contributed by atoms with E-state index in [-0.39, 0.29) is 6.04 Å². The zero-order valence-corrected chi connectivity index (χ0v) is 9.99. The summed E-state index contributed by atoms with van der Waals surface area (Å²) in [6, 6.07) is 6.46. The minimum atomic E-state index is 0.127. The Hall–Kier alpha value is -1.55. The monoisotopic (exact) mass is 218 g/mol. The first-order valence-corrected chi connectivity index (χ1v) is 5.50. The third-order valence-electron chi connectivity index (χ3n) is 2.60. The number of aromatic nitrogens is 2. The first-order valence-electron chi connectivity index (χ1n) is 5.50. The maximum absolute atomic E-state index is 5.72. The minimum absolute atomic E-state index is 0.127. The number of nitrogens with two attached hydrogens (primary N) is 1. The normalized spacial score (nSPS) is 13.0. The highest BCUT2D eigenvalue weighted by molar-refractivity contribution is 5.90. The van der Waals surface area contributed by atoms with Gasteiger partial charge in [-0.1, -0.05) is 11.6 Å². The van der Waals surface area contributed by atoms with Crippen LogP contribution in [0.25, 0.3) is 10.9 Å². The van der Waals surface area contributed by atoms with E-state index in [0.29, 0.717) is 0 Å². The van der Waals surface area contributed by atoms with Crippen LogP contribution in [0.1, 0.15) is 12.5 Å². The highest BCUT2D eigenvalue weighted by atomic mass is 15.3. The Labute approximate surface area is 95.4 Å². The predicted molar refractivity (Wildman–Crippen MR) is 67.6 cm³/mol. The Balaban J connectivity index is 2.41. The molecule has 0 saturated heterocycles. The van der Waals surface area contributed by atoms with Crippen LogP contribution >= 0.6 is 0 Å². The van der Waals surface area contributed by atoms with E-state index in [1.807, 2.05) is 18.7 Å². The number of aryl methyl sites for hydroxylation is 2. The van der Waals surface area contributed by atoms with Crippen molar-refractivity contribution in [2.45, 2.75) is 19.9 Å². The van der Waals surface area contributed by atoms with Crippen molar-refractivity contribution in [3.63, 3.8) is 0 Å². The molecular formula is C12H18N4. The third kappa shape index (κ3) is 2.02. The van der Waals surface area contributed by atoms with Gasteiger partial charge in [-0.2, -0.15) is 5.10 Å². The smallest absolute Gasteiger partial charge is 0.156 e. The number of nitrogens with one attached hydrogen (secondary N) is 1. The Bertz CT molecular complexity index is 499. The van der Waals surface area contributed by atoms with Crippen LogP contribution in [0.15, 0.2) is 18.2 Å². The van der Waals surface area contributed by atoms with Crippen LogP contribution < -0.4 is 11.1 Å². The molecule has 1 atom stereocenters. The van der Waals surface area contributed by atoms with E-state index in [4.69, 9.17) is 5.73 Å². The fraction of sp³-hybridized carbons (Fsp3) is 0.417. The van der Waals surface area contributed by atoms with Gasteiger partial charge >= 0.3 is 0 Å². The fourth-order valence-corrected chi connectivity index (χ4v) is 1.77. The zero-order valence-electron chi connectivity index (χ0n) is 9.99. The average Bonchev–Trinajstić information content (AvgIpc) is 2.52. The van der Waals surface area contributed by atoms with Crippen molar-refractivity contribution in [1.82, 2.24) is 9.78 Å². The van der Waals surface area contributed by atoms with Crippen molar-refractivity contribution >= 4 is 16.7 Å². The summed E-state index contributed by atoms with van der Waals surface area (Å²) in [5, 5.41) is 8.89. The molecule has 4 nitrogen and oxygen atoms in total. The van der Waals surface area contributed by atoms with Gasteiger partial charge in [0.2, 0.25) is 0 Å². The standard InChI is InChI=1S/C12H18N4/c1-8-4-5-11-10(6-8)12(15-16(11)3)14-7-9(2)13/h4-6,9H,7,13H2,1-3H3,(H,14,15). The molecule has 1 aromatic carbocycles. The molecule has 0 aliphatic carbocycles. The maximum Gasteiger partial charge on any atom is 0.156 e. The van der Waals surface area contributed by atoms with Crippen LogP contribution in [-0.4, -0.2) is 22.4 Å². The quantitative estimate of drug-likeness (QED) is 0.823. The van der Waals surface area contributed by atoms with Gasteiger partial charge in [-0.25, -0.2) is 0 Å². The summed E-state index contributed by atoms with van der Waals surface area (Å²) in [5.41, 5.74) is 8.10. The summed E-state index contributed by atoms with van der Waals surface area (Å²) in [4.78, 5) is 0. The van der Waals surface area contributed by atoms with Gasteiger partial charge in [-0.05, 0) is 26.0 Å². The maximum atomic E-state index is 5.72. The minimum Gasteiger partial charge on any atom is -0.367 e. The van der Waals surface area contributed by atoms with Gasteiger partial charge in [-0.15, -0.1) is 0 Å². The molecule has 0 aliphatic heterocycles. The SMILES string of the molecule is Cc1ccc2c(c1)c(NCC(C)N)nn2C. The summed E-state index contributed by atoms with van der Waals surface area (Å²) in [7, 11) is 1.95. The number of anilines is 1. The lowest BCUT2D eigenvalue weighted by Gasteiger charge is -2.06. The molecule has 1 aromatic heterocycles. The third-order valence-corrected chi connectivity index (χ3v) is 2.60. The largest absolute Gasteiger partial charge is 0.367 e. The predicted octanol–water partition coefficient (Wildman–Crippen LogP) is 1.64. The number of fused-ring (bicyclic) bond motifs is 1. The van der Waals surface area contributed by atoms with E-state index in [9.17, 15) is 0 Å². The number of hydrogen-bond acceptors (Lipinski definition) is 3.